The molecule has 0 radical (unpaired) electrons. The van der Waals surface area contributed by atoms with E-state index in [0.29, 0.717) is 0 Å². The van der Waals surface area contributed by atoms with Crippen LogP contribution in [-0.2, 0) is 11.2 Å². The lowest BCUT2D eigenvalue weighted by Gasteiger charge is -2.34. The Morgan fingerprint density at radius 3 is 2.89 bits per heavy atom. The smallest absolute Gasteiger partial charge is 0.149 e. The summed E-state index contributed by atoms with van der Waals surface area (Å²) >= 11 is 1.69. The van der Waals surface area contributed by atoms with Crippen molar-refractivity contribution in [2.45, 2.75) is 12.5 Å². The van der Waals surface area contributed by atoms with Gasteiger partial charge < -0.3 is 14.8 Å². The van der Waals surface area contributed by atoms with E-state index in [1.807, 2.05) is 23.6 Å². The Bertz CT molecular complexity index is 580. The van der Waals surface area contributed by atoms with E-state index >= 15 is 0 Å². The molecule has 1 unspecified atom stereocenters. The molecule has 0 aliphatic carbocycles. The quantitative estimate of drug-likeness (QED) is 0.857. The number of carboxylic acids is 1. The lowest BCUT2D eigenvalue weighted by atomic mass is 9.91. The Morgan fingerprint density at radius 2 is 2.16 bits per heavy atom. The molecule has 4 heteroatoms. The molecule has 0 bridgehead atoms. The molecular weight excluding hydrogens is 258 g/mol. The van der Waals surface area contributed by atoms with Crippen molar-refractivity contribution in [3.05, 3.63) is 57.8 Å². The van der Waals surface area contributed by atoms with E-state index in [1.54, 1.807) is 11.3 Å². The van der Waals surface area contributed by atoms with Gasteiger partial charge in [0, 0.05) is 12.0 Å². The van der Waals surface area contributed by atoms with Gasteiger partial charge in [-0.25, -0.2) is 0 Å². The first-order valence-corrected chi connectivity index (χ1v) is 7.29. The number of benzene rings is 1. The zero-order chi connectivity index (χ0) is 13.2. The fourth-order valence-corrected chi connectivity index (χ4v) is 3.79. The van der Waals surface area contributed by atoms with Crippen LogP contribution in [-0.4, -0.2) is 19.1 Å². The maximum Gasteiger partial charge on any atom is 0.149 e. The molecule has 1 aromatic carbocycles. The predicted molar refractivity (Wildman–Crippen MR) is 72.0 cm³/mol. The number of quaternary nitrogens is 1. The molecule has 19 heavy (non-hydrogen) atoms. The van der Waals surface area contributed by atoms with Crippen LogP contribution in [0, 0.1) is 0 Å². The fraction of sp³-hybridized carbons (Fsp3) is 0.267. The average molecular weight is 273 g/mol. The van der Waals surface area contributed by atoms with Gasteiger partial charge in [0.2, 0.25) is 0 Å². The van der Waals surface area contributed by atoms with E-state index in [1.165, 1.54) is 16.0 Å². The van der Waals surface area contributed by atoms with Gasteiger partial charge in [0.05, 0.1) is 17.4 Å². The van der Waals surface area contributed by atoms with Gasteiger partial charge in [-0.1, -0.05) is 30.3 Å². The Balaban J connectivity index is 2.03. The first kappa shape index (κ1) is 12.4. The first-order valence-electron chi connectivity index (χ1n) is 6.41. The third-order valence-electron chi connectivity index (χ3n) is 3.69. The van der Waals surface area contributed by atoms with E-state index in [-0.39, 0.29) is 12.6 Å². The van der Waals surface area contributed by atoms with Crippen LogP contribution < -0.4 is 10.0 Å². The molecule has 1 aromatic heterocycles. The zero-order valence-electron chi connectivity index (χ0n) is 10.5. The Morgan fingerprint density at radius 1 is 1.32 bits per heavy atom. The molecular formula is C15H15NO2S. The van der Waals surface area contributed by atoms with E-state index < -0.39 is 5.97 Å². The molecule has 98 valence electrons. The van der Waals surface area contributed by atoms with Crippen LogP contribution in [0.15, 0.2) is 41.8 Å². The lowest BCUT2D eigenvalue weighted by molar-refractivity contribution is -0.921. The van der Waals surface area contributed by atoms with Crippen molar-refractivity contribution in [2.24, 2.45) is 0 Å². The molecule has 0 fully saturated rings. The summed E-state index contributed by atoms with van der Waals surface area (Å²) in [7, 11) is 0. The van der Waals surface area contributed by atoms with Gasteiger partial charge in [-0.3, -0.25) is 0 Å². The summed E-state index contributed by atoms with van der Waals surface area (Å²) in [6.07, 6.45) is 0.931. The SMILES string of the molecule is O=C([O-])C[NH+]1CCc2ccccc2[C@H]1c1cccs1. The van der Waals surface area contributed by atoms with E-state index in [4.69, 9.17) is 0 Å². The third kappa shape index (κ3) is 2.41. The highest BCUT2D eigenvalue weighted by atomic mass is 32.1. The highest BCUT2D eigenvalue weighted by Gasteiger charge is 2.32. The van der Waals surface area contributed by atoms with Crippen molar-refractivity contribution in [2.75, 3.05) is 13.1 Å². The van der Waals surface area contributed by atoms with Gasteiger partial charge in [-0.2, -0.15) is 0 Å². The summed E-state index contributed by atoms with van der Waals surface area (Å²) in [5.41, 5.74) is 2.59. The first-order chi connectivity index (χ1) is 9.25. The molecule has 1 N–H and O–H groups in total. The van der Waals surface area contributed by atoms with Gasteiger partial charge >= 0.3 is 0 Å². The minimum atomic E-state index is -0.976. The largest absolute Gasteiger partial charge is 0.544 e. The fourth-order valence-electron chi connectivity index (χ4n) is 2.89. The molecule has 0 saturated heterocycles. The number of nitrogens with one attached hydrogen (secondary N) is 1. The zero-order valence-corrected chi connectivity index (χ0v) is 11.3. The number of fused-ring (bicyclic) bond motifs is 1. The van der Waals surface area contributed by atoms with Gasteiger partial charge in [-0.05, 0) is 17.0 Å². The molecule has 2 atom stereocenters. The summed E-state index contributed by atoms with van der Waals surface area (Å²) in [6, 6.07) is 12.6. The number of rotatable bonds is 3. The molecule has 3 nitrogen and oxygen atoms in total. The molecule has 0 saturated carbocycles. The second kappa shape index (κ2) is 5.15. The van der Waals surface area contributed by atoms with Gasteiger partial charge in [0.1, 0.15) is 12.6 Å². The van der Waals surface area contributed by atoms with Crippen molar-refractivity contribution in [1.29, 1.82) is 0 Å². The number of hydrogen-bond acceptors (Lipinski definition) is 3. The topological polar surface area (TPSA) is 44.6 Å². The Kier molecular flexibility index (Phi) is 3.36. The number of aliphatic carboxylic acids is 1. The van der Waals surface area contributed by atoms with Crippen LogP contribution in [0.3, 0.4) is 0 Å². The summed E-state index contributed by atoms with van der Waals surface area (Å²) in [5, 5.41) is 13.0. The monoisotopic (exact) mass is 273 g/mol. The standard InChI is InChI=1S/C15H15NO2S/c17-14(18)10-16-8-7-11-4-1-2-5-12(11)15(16)13-6-3-9-19-13/h1-6,9,15H,7-8,10H2,(H,17,18)/t15-/m0/s1. The normalized spacial score (nSPS) is 21.9. The maximum atomic E-state index is 11.0. The number of hydrogen-bond donors (Lipinski definition) is 1. The molecule has 2 aromatic rings. The van der Waals surface area contributed by atoms with Crippen molar-refractivity contribution in [1.82, 2.24) is 0 Å². The minimum absolute atomic E-state index is 0.0664. The molecule has 0 spiro atoms. The maximum absolute atomic E-state index is 11.0. The van der Waals surface area contributed by atoms with Crippen molar-refractivity contribution < 1.29 is 14.8 Å². The van der Waals surface area contributed by atoms with E-state index in [0.717, 1.165) is 17.9 Å². The second-order valence-corrected chi connectivity index (χ2v) is 5.83. The summed E-state index contributed by atoms with van der Waals surface area (Å²) in [5.74, 6) is -0.976. The second-order valence-electron chi connectivity index (χ2n) is 4.85. The minimum Gasteiger partial charge on any atom is -0.544 e. The molecule has 1 aliphatic heterocycles. The van der Waals surface area contributed by atoms with E-state index in [2.05, 4.69) is 18.2 Å². The van der Waals surface area contributed by atoms with Crippen molar-refractivity contribution in [3.8, 4) is 0 Å². The van der Waals surface area contributed by atoms with Gasteiger partial charge in [0.15, 0.2) is 0 Å². The van der Waals surface area contributed by atoms with Crippen molar-refractivity contribution in [3.63, 3.8) is 0 Å². The number of carbonyl (C=O) groups excluding carboxylic acids is 1. The van der Waals surface area contributed by atoms with Crippen LogP contribution in [0.5, 0.6) is 0 Å². The number of carboxylic acid groups (broad SMARTS) is 1. The number of thiophene rings is 1. The molecule has 1 aliphatic rings. The summed E-state index contributed by atoms with van der Waals surface area (Å²) in [4.78, 5) is 13.3. The lowest BCUT2D eigenvalue weighted by Crippen LogP contribution is -3.14. The third-order valence-corrected chi connectivity index (χ3v) is 4.63. The highest BCUT2D eigenvalue weighted by Crippen LogP contribution is 2.28. The van der Waals surface area contributed by atoms with Crippen LogP contribution in [0.2, 0.25) is 0 Å². The molecule has 3 rings (SSSR count). The van der Waals surface area contributed by atoms with Gasteiger partial charge in [-0.15, -0.1) is 11.3 Å². The molecule has 2 heterocycles. The summed E-state index contributed by atoms with van der Waals surface area (Å²) < 4.78 is 0. The molecule has 0 amide bonds. The average Bonchev–Trinajstić information content (AvgIpc) is 2.91. The Labute approximate surface area is 116 Å². The van der Waals surface area contributed by atoms with Crippen LogP contribution in [0.1, 0.15) is 22.0 Å². The van der Waals surface area contributed by atoms with Crippen LogP contribution >= 0.6 is 11.3 Å². The Hall–Kier alpha value is -1.65. The van der Waals surface area contributed by atoms with Gasteiger partial charge in [0.25, 0.3) is 0 Å². The van der Waals surface area contributed by atoms with Crippen molar-refractivity contribution >= 4 is 17.3 Å². The van der Waals surface area contributed by atoms with Crippen LogP contribution in [0.4, 0.5) is 0 Å². The predicted octanol–water partition coefficient (Wildman–Crippen LogP) is 0.0284. The number of carbonyl (C=O) groups is 1. The highest BCUT2D eigenvalue weighted by molar-refractivity contribution is 7.10. The van der Waals surface area contributed by atoms with Crippen LogP contribution in [0.25, 0.3) is 0 Å². The summed E-state index contributed by atoms with van der Waals surface area (Å²) in [6.45, 7) is 0.907. The van der Waals surface area contributed by atoms with E-state index in [9.17, 15) is 9.90 Å².